The van der Waals surface area contributed by atoms with Crippen molar-refractivity contribution >= 4 is 10.0 Å². The molecular weight excluding hydrogens is 362 g/mol. The van der Waals surface area contributed by atoms with Crippen LogP contribution in [0.25, 0.3) is 0 Å². The molecule has 2 aliphatic heterocycles. The minimum atomic E-state index is -3.37. The molecule has 2 aromatic carbocycles. The van der Waals surface area contributed by atoms with Crippen LogP contribution in [0, 0.1) is 12.8 Å². The van der Waals surface area contributed by atoms with Crippen molar-refractivity contribution in [3.05, 3.63) is 53.6 Å². The van der Waals surface area contributed by atoms with Crippen molar-refractivity contribution in [1.29, 1.82) is 0 Å². The molecule has 0 bridgehead atoms. The quantitative estimate of drug-likeness (QED) is 0.784. The number of hydrogen-bond donors (Lipinski definition) is 0. The van der Waals surface area contributed by atoms with Gasteiger partial charge in [0.2, 0.25) is 16.8 Å². The average Bonchev–Trinajstić information content (AvgIpc) is 3.15. The van der Waals surface area contributed by atoms with E-state index in [1.807, 2.05) is 25.1 Å². The third kappa shape index (κ3) is 3.96. The molecule has 1 fully saturated rings. The van der Waals surface area contributed by atoms with Gasteiger partial charge in [-0.25, -0.2) is 8.42 Å². The van der Waals surface area contributed by atoms with E-state index in [1.54, 1.807) is 16.4 Å². The maximum absolute atomic E-state index is 12.8. The molecule has 0 aromatic heterocycles. The molecule has 0 unspecified atom stereocenters. The molecule has 0 radical (unpaired) electrons. The second kappa shape index (κ2) is 7.52. The third-order valence-corrected chi connectivity index (χ3v) is 7.42. The Morgan fingerprint density at radius 2 is 1.70 bits per heavy atom. The molecule has 0 atom stereocenters. The molecule has 4 rings (SSSR count). The van der Waals surface area contributed by atoms with Crippen molar-refractivity contribution in [2.75, 3.05) is 19.9 Å². The molecule has 2 aliphatic rings. The summed E-state index contributed by atoms with van der Waals surface area (Å²) in [5.41, 5.74) is 2.31. The largest absolute Gasteiger partial charge is 0.454 e. The van der Waals surface area contributed by atoms with Gasteiger partial charge in [0, 0.05) is 13.1 Å². The van der Waals surface area contributed by atoms with Gasteiger partial charge in [-0.1, -0.05) is 23.8 Å². The van der Waals surface area contributed by atoms with Crippen LogP contribution in [-0.4, -0.2) is 32.6 Å². The lowest BCUT2D eigenvalue weighted by Crippen LogP contribution is -2.38. The summed E-state index contributed by atoms with van der Waals surface area (Å²) in [6, 6.07) is 13.2. The van der Waals surface area contributed by atoms with Crippen molar-refractivity contribution in [2.45, 2.75) is 37.5 Å². The zero-order valence-corrected chi connectivity index (χ0v) is 16.4. The Morgan fingerprint density at radius 3 is 2.44 bits per heavy atom. The number of hydrogen-bond acceptors (Lipinski definition) is 4. The Balaban J connectivity index is 1.31. The fourth-order valence-electron chi connectivity index (χ4n) is 3.76. The first-order valence-corrected chi connectivity index (χ1v) is 10.9. The van der Waals surface area contributed by atoms with Gasteiger partial charge in [-0.3, -0.25) is 0 Å². The van der Waals surface area contributed by atoms with E-state index < -0.39 is 10.0 Å². The lowest BCUT2D eigenvalue weighted by atomic mass is 9.91. The topological polar surface area (TPSA) is 55.8 Å². The standard InChI is InChI=1S/C21H25NO4S/c1-16-2-7-19(8-3-16)27(23,24)22-12-10-17(11-13-22)4-5-18-6-9-20-21(14-18)26-15-25-20/h2-3,6-9,14,17H,4-5,10-13,15H2,1H3. The lowest BCUT2D eigenvalue weighted by molar-refractivity contribution is 0.174. The summed E-state index contributed by atoms with van der Waals surface area (Å²) >= 11 is 0. The molecule has 1 saturated heterocycles. The van der Waals surface area contributed by atoms with Gasteiger partial charge in [-0.15, -0.1) is 0 Å². The predicted octanol–water partition coefficient (Wildman–Crippen LogP) is 3.76. The summed E-state index contributed by atoms with van der Waals surface area (Å²) in [5.74, 6) is 2.19. The van der Waals surface area contributed by atoms with E-state index in [9.17, 15) is 8.42 Å². The highest BCUT2D eigenvalue weighted by molar-refractivity contribution is 7.89. The Kier molecular flexibility index (Phi) is 5.10. The SMILES string of the molecule is Cc1ccc(S(=O)(=O)N2CCC(CCc3ccc4c(c3)OCO4)CC2)cc1. The molecule has 0 amide bonds. The number of benzene rings is 2. The molecule has 144 valence electrons. The Morgan fingerprint density at radius 1 is 1.00 bits per heavy atom. The zero-order chi connectivity index (χ0) is 18.9. The van der Waals surface area contributed by atoms with Gasteiger partial charge in [0.25, 0.3) is 0 Å². The summed E-state index contributed by atoms with van der Waals surface area (Å²) in [5, 5.41) is 0. The molecule has 2 heterocycles. The summed E-state index contributed by atoms with van der Waals surface area (Å²) in [7, 11) is -3.37. The van der Waals surface area contributed by atoms with Crippen LogP contribution in [0.4, 0.5) is 0 Å². The van der Waals surface area contributed by atoms with Crippen LogP contribution in [0.5, 0.6) is 11.5 Å². The number of aryl methyl sites for hydroxylation is 2. The van der Waals surface area contributed by atoms with Crippen LogP contribution in [-0.2, 0) is 16.4 Å². The average molecular weight is 388 g/mol. The summed E-state index contributed by atoms with van der Waals surface area (Å²) in [4.78, 5) is 0.395. The van der Waals surface area contributed by atoms with Gasteiger partial charge in [0.1, 0.15) is 0 Å². The van der Waals surface area contributed by atoms with Crippen LogP contribution < -0.4 is 9.47 Å². The van der Waals surface area contributed by atoms with Crippen molar-refractivity contribution in [2.24, 2.45) is 5.92 Å². The second-order valence-corrected chi connectivity index (χ2v) is 9.32. The van der Waals surface area contributed by atoms with Crippen LogP contribution in [0.1, 0.15) is 30.4 Å². The number of sulfonamides is 1. The van der Waals surface area contributed by atoms with E-state index in [4.69, 9.17) is 9.47 Å². The molecular formula is C21H25NO4S. The molecule has 6 heteroatoms. The maximum Gasteiger partial charge on any atom is 0.243 e. The van der Waals surface area contributed by atoms with Crippen molar-refractivity contribution in [3.8, 4) is 11.5 Å². The van der Waals surface area contributed by atoms with E-state index in [-0.39, 0.29) is 0 Å². The Labute approximate surface area is 161 Å². The molecule has 5 nitrogen and oxygen atoms in total. The van der Waals surface area contributed by atoms with Crippen LogP contribution in [0.15, 0.2) is 47.4 Å². The molecule has 0 N–H and O–H groups in total. The minimum absolute atomic E-state index is 0.298. The van der Waals surface area contributed by atoms with Gasteiger partial charge in [-0.05, 0) is 68.4 Å². The predicted molar refractivity (Wildman–Crippen MR) is 104 cm³/mol. The second-order valence-electron chi connectivity index (χ2n) is 7.39. The molecule has 0 saturated carbocycles. The zero-order valence-electron chi connectivity index (χ0n) is 15.6. The number of fused-ring (bicyclic) bond motifs is 1. The summed E-state index contributed by atoms with van der Waals surface area (Å²) in [6.07, 6.45) is 3.87. The van der Waals surface area contributed by atoms with Crippen molar-refractivity contribution < 1.29 is 17.9 Å². The fraction of sp³-hybridized carbons (Fsp3) is 0.429. The van der Waals surface area contributed by atoms with E-state index >= 15 is 0 Å². The normalized spacial score (nSPS) is 18.0. The van der Waals surface area contributed by atoms with Crippen LogP contribution in [0.2, 0.25) is 0 Å². The minimum Gasteiger partial charge on any atom is -0.454 e. The lowest BCUT2D eigenvalue weighted by Gasteiger charge is -2.31. The summed E-state index contributed by atoms with van der Waals surface area (Å²) < 4.78 is 38.0. The third-order valence-electron chi connectivity index (χ3n) is 5.51. The molecule has 2 aromatic rings. The van der Waals surface area contributed by atoms with Crippen molar-refractivity contribution in [1.82, 2.24) is 4.31 Å². The van der Waals surface area contributed by atoms with E-state index in [2.05, 4.69) is 12.1 Å². The molecule has 0 spiro atoms. The molecule has 0 aliphatic carbocycles. The van der Waals surface area contributed by atoms with Crippen LogP contribution >= 0.6 is 0 Å². The first-order valence-electron chi connectivity index (χ1n) is 9.48. The maximum atomic E-state index is 12.8. The number of nitrogens with zero attached hydrogens (tertiary/aromatic N) is 1. The van der Waals surface area contributed by atoms with Gasteiger partial charge in [0.15, 0.2) is 11.5 Å². The highest BCUT2D eigenvalue weighted by atomic mass is 32.2. The van der Waals surface area contributed by atoms with Gasteiger partial charge in [0.05, 0.1) is 4.90 Å². The van der Waals surface area contributed by atoms with E-state index in [0.717, 1.165) is 42.7 Å². The highest BCUT2D eigenvalue weighted by Crippen LogP contribution is 2.33. The molecule has 27 heavy (non-hydrogen) atoms. The fourth-order valence-corrected chi connectivity index (χ4v) is 5.23. The number of ether oxygens (including phenoxy) is 2. The summed E-state index contributed by atoms with van der Waals surface area (Å²) in [6.45, 7) is 3.46. The number of piperidine rings is 1. The monoisotopic (exact) mass is 387 g/mol. The Hall–Kier alpha value is -2.05. The highest BCUT2D eigenvalue weighted by Gasteiger charge is 2.29. The smallest absolute Gasteiger partial charge is 0.243 e. The first-order chi connectivity index (χ1) is 13.0. The van der Waals surface area contributed by atoms with Crippen molar-refractivity contribution in [3.63, 3.8) is 0 Å². The number of rotatable bonds is 5. The van der Waals surface area contributed by atoms with Gasteiger partial charge >= 0.3 is 0 Å². The Bertz CT molecular complexity index is 900. The van der Waals surface area contributed by atoms with E-state index in [1.165, 1.54) is 5.56 Å². The van der Waals surface area contributed by atoms with Crippen LogP contribution in [0.3, 0.4) is 0 Å². The van der Waals surface area contributed by atoms with Gasteiger partial charge < -0.3 is 9.47 Å². The first kappa shape index (κ1) is 18.3. The van der Waals surface area contributed by atoms with Gasteiger partial charge in [-0.2, -0.15) is 4.31 Å². The van der Waals surface area contributed by atoms with E-state index in [0.29, 0.717) is 30.7 Å².